The lowest BCUT2D eigenvalue weighted by Gasteiger charge is -2.08. The van der Waals surface area contributed by atoms with Crippen molar-refractivity contribution in [2.45, 2.75) is 0 Å². The van der Waals surface area contributed by atoms with Crippen LogP contribution in [0.3, 0.4) is 0 Å². The third kappa shape index (κ3) is 3.22. The number of carbonyl (C=O) groups is 1. The van der Waals surface area contributed by atoms with Gasteiger partial charge < -0.3 is 19.5 Å². The number of amides is 1. The summed E-state index contributed by atoms with van der Waals surface area (Å²) in [5, 5.41) is 2.77. The van der Waals surface area contributed by atoms with Crippen LogP contribution in [0.2, 0.25) is 0 Å². The molecule has 0 atom stereocenters. The SMILES string of the molecule is O=C(NCCOc1ccc2c(c1)OCO2)c1ccncc1. The first-order valence-electron chi connectivity index (χ1n) is 6.53. The maximum atomic E-state index is 11.8. The molecule has 6 heteroatoms. The number of hydrogen-bond donors (Lipinski definition) is 1. The molecule has 0 spiro atoms. The van der Waals surface area contributed by atoms with Gasteiger partial charge in [-0.3, -0.25) is 9.78 Å². The molecule has 6 nitrogen and oxygen atoms in total. The van der Waals surface area contributed by atoms with E-state index < -0.39 is 0 Å². The van der Waals surface area contributed by atoms with Gasteiger partial charge in [0.05, 0.1) is 6.54 Å². The molecule has 2 heterocycles. The number of pyridine rings is 1. The number of carbonyl (C=O) groups excluding carboxylic acids is 1. The fraction of sp³-hybridized carbons (Fsp3) is 0.200. The van der Waals surface area contributed by atoms with Crippen molar-refractivity contribution < 1.29 is 19.0 Å². The number of nitrogens with zero attached hydrogens (tertiary/aromatic N) is 1. The first-order chi connectivity index (χ1) is 10.3. The first-order valence-corrected chi connectivity index (χ1v) is 6.53. The molecule has 1 aromatic carbocycles. The fourth-order valence-corrected chi connectivity index (χ4v) is 1.91. The van der Waals surface area contributed by atoms with Crippen LogP contribution in [-0.2, 0) is 0 Å². The number of rotatable bonds is 5. The van der Waals surface area contributed by atoms with Crippen LogP contribution in [0.15, 0.2) is 42.7 Å². The molecular weight excluding hydrogens is 272 g/mol. The Kier molecular flexibility index (Phi) is 3.86. The highest BCUT2D eigenvalue weighted by Gasteiger charge is 2.13. The summed E-state index contributed by atoms with van der Waals surface area (Å²) in [6, 6.07) is 8.69. The van der Waals surface area contributed by atoms with Crippen LogP contribution in [0.25, 0.3) is 0 Å². The lowest BCUT2D eigenvalue weighted by molar-refractivity contribution is 0.0947. The molecule has 0 fully saturated rings. The molecule has 1 aromatic heterocycles. The molecule has 1 aliphatic rings. The largest absolute Gasteiger partial charge is 0.492 e. The van der Waals surface area contributed by atoms with Crippen LogP contribution in [0, 0.1) is 0 Å². The molecule has 0 saturated heterocycles. The summed E-state index contributed by atoms with van der Waals surface area (Å²) in [5.41, 5.74) is 0.577. The molecule has 1 N–H and O–H groups in total. The molecule has 0 aliphatic carbocycles. The van der Waals surface area contributed by atoms with E-state index in [-0.39, 0.29) is 12.7 Å². The van der Waals surface area contributed by atoms with Crippen LogP contribution >= 0.6 is 0 Å². The van der Waals surface area contributed by atoms with Crippen LogP contribution < -0.4 is 19.5 Å². The molecule has 0 radical (unpaired) electrons. The molecule has 21 heavy (non-hydrogen) atoms. The number of hydrogen-bond acceptors (Lipinski definition) is 5. The Balaban J connectivity index is 1.45. The van der Waals surface area contributed by atoms with Crippen LogP contribution in [0.1, 0.15) is 10.4 Å². The topological polar surface area (TPSA) is 69.7 Å². The van der Waals surface area contributed by atoms with Gasteiger partial charge in [0, 0.05) is 24.0 Å². The van der Waals surface area contributed by atoms with E-state index >= 15 is 0 Å². The Morgan fingerprint density at radius 2 is 2.00 bits per heavy atom. The Morgan fingerprint density at radius 1 is 1.19 bits per heavy atom. The van der Waals surface area contributed by atoms with Crippen molar-refractivity contribution in [1.29, 1.82) is 0 Å². The third-order valence-electron chi connectivity index (χ3n) is 2.94. The monoisotopic (exact) mass is 286 g/mol. The Hall–Kier alpha value is -2.76. The molecule has 3 rings (SSSR count). The van der Waals surface area contributed by atoms with Gasteiger partial charge in [0.15, 0.2) is 11.5 Å². The molecule has 108 valence electrons. The van der Waals surface area contributed by atoms with Crippen molar-refractivity contribution in [1.82, 2.24) is 10.3 Å². The molecule has 0 saturated carbocycles. The van der Waals surface area contributed by atoms with Crippen molar-refractivity contribution >= 4 is 5.91 Å². The third-order valence-corrected chi connectivity index (χ3v) is 2.94. The minimum Gasteiger partial charge on any atom is -0.492 e. The number of fused-ring (bicyclic) bond motifs is 1. The van der Waals surface area contributed by atoms with Gasteiger partial charge >= 0.3 is 0 Å². The van der Waals surface area contributed by atoms with Gasteiger partial charge in [-0.15, -0.1) is 0 Å². The zero-order chi connectivity index (χ0) is 14.5. The second-order valence-corrected chi connectivity index (χ2v) is 4.36. The minimum atomic E-state index is -0.147. The zero-order valence-corrected chi connectivity index (χ0v) is 11.2. The van der Waals surface area contributed by atoms with E-state index in [0.29, 0.717) is 36.0 Å². The lowest BCUT2D eigenvalue weighted by Crippen LogP contribution is -2.28. The standard InChI is InChI=1S/C15H14N2O4/c18-15(11-3-5-16-6-4-11)17-7-8-19-12-1-2-13-14(9-12)21-10-20-13/h1-6,9H,7-8,10H2,(H,17,18). The Morgan fingerprint density at radius 3 is 2.86 bits per heavy atom. The Bertz CT molecular complexity index is 631. The van der Waals surface area contributed by atoms with E-state index in [2.05, 4.69) is 10.3 Å². The molecule has 2 aromatic rings. The summed E-state index contributed by atoms with van der Waals surface area (Å²) < 4.78 is 16.0. The van der Waals surface area contributed by atoms with Gasteiger partial charge in [-0.1, -0.05) is 0 Å². The van der Waals surface area contributed by atoms with Crippen LogP contribution in [-0.4, -0.2) is 30.8 Å². The second-order valence-electron chi connectivity index (χ2n) is 4.36. The van der Waals surface area contributed by atoms with Crippen molar-refractivity contribution in [3.63, 3.8) is 0 Å². The quantitative estimate of drug-likeness (QED) is 0.846. The highest BCUT2D eigenvalue weighted by Crippen LogP contribution is 2.34. The summed E-state index contributed by atoms with van der Waals surface area (Å²) in [6.07, 6.45) is 3.16. The van der Waals surface area contributed by atoms with Crippen molar-refractivity contribution in [2.24, 2.45) is 0 Å². The van der Waals surface area contributed by atoms with E-state index in [1.54, 1.807) is 42.7 Å². The van der Waals surface area contributed by atoms with Crippen molar-refractivity contribution in [3.05, 3.63) is 48.3 Å². The van der Waals surface area contributed by atoms with Gasteiger partial charge in [0.1, 0.15) is 12.4 Å². The maximum Gasteiger partial charge on any atom is 0.251 e. The summed E-state index contributed by atoms with van der Waals surface area (Å²) >= 11 is 0. The van der Waals surface area contributed by atoms with Crippen LogP contribution in [0.4, 0.5) is 0 Å². The number of ether oxygens (including phenoxy) is 3. The predicted octanol–water partition coefficient (Wildman–Crippen LogP) is 1.62. The van der Waals surface area contributed by atoms with Gasteiger partial charge in [-0.05, 0) is 24.3 Å². The molecule has 1 aliphatic heterocycles. The normalized spacial score (nSPS) is 12.0. The average Bonchev–Trinajstić information content (AvgIpc) is 3.00. The second kappa shape index (κ2) is 6.13. The van der Waals surface area contributed by atoms with Gasteiger partial charge in [-0.25, -0.2) is 0 Å². The van der Waals surface area contributed by atoms with E-state index in [4.69, 9.17) is 14.2 Å². The van der Waals surface area contributed by atoms with E-state index in [9.17, 15) is 4.79 Å². The first kappa shape index (κ1) is 13.2. The number of nitrogens with one attached hydrogen (secondary N) is 1. The summed E-state index contributed by atoms with van der Waals surface area (Å²) in [5.74, 6) is 1.92. The lowest BCUT2D eigenvalue weighted by atomic mass is 10.2. The van der Waals surface area contributed by atoms with Crippen molar-refractivity contribution in [3.8, 4) is 17.2 Å². The summed E-state index contributed by atoms with van der Waals surface area (Å²) in [6.45, 7) is 1.02. The summed E-state index contributed by atoms with van der Waals surface area (Å²) in [4.78, 5) is 15.6. The highest BCUT2D eigenvalue weighted by atomic mass is 16.7. The minimum absolute atomic E-state index is 0.147. The molecule has 0 unspecified atom stereocenters. The van der Waals surface area contributed by atoms with Gasteiger partial charge in [0.25, 0.3) is 5.91 Å². The maximum absolute atomic E-state index is 11.8. The highest BCUT2D eigenvalue weighted by molar-refractivity contribution is 5.93. The van der Waals surface area contributed by atoms with Gasteiger partial charge in [-0.2, -0.15) is 0 Å². The average molecular weight is 286 g/mol. The smallest absolute Gasteiger partial charge is 0.251 e. The van der Waals surface area contributed by atoms with E-state index in [1.807, 2.05) is 0 Å². The Labute approximate surface area is 121 Å². The number of aromatic nitrogens is 1. The molecule has 0 bridgehead atoms. The van der Waals surface area contributed by atoms with Crippen molar-refractivity contribution in [2.75, 3.05) is 19.9 Å². The fourth-order valence-electron chi connectivity index (χ4n) is 1.91. The summed E-state index contributed by atoms with van der Waals surface area (Å²) in [7, 11) is 0. The molecule has 1 amide bonds. The van der Waals surface area contributed by atoms with Gasteiger partial charge in [0.2, 0.25) is 6.79 Å². The number of benzene rings is 1. The molecular formula is C15H14N2O4. The zero-order valence-electron chi connectivity index (χ0n) is 11.2. The van der Waals surface area contributed by atoms with Crippen LogP contribution in [0.5, 0.6) is 17.2 Å². The van der Waals surface area contributed by atoms with E-state index in [1.165, 1.54) is 0 Å². The van der Waals surface area contributed by atoms with E-state index in [0.717, 1.165) is 0 Å². The predicted molar refractivity (Wildman–Crippen MR) is 74.6 cm³/mol.